The summed E-state index contributed by atoms with van der Waals surface area (Å²) >= 11 is 0. The van der Waals surface area contributed by atoms with E-state index in [0.29, 0.717) is 13.2 Å². The molecule has 0 fully saturated rings. The maximum atomic E-state index is 11.1. The van der Waals surface area contributed by atoms with Gasteiger partial charge in [-0.15, -0.1) is 0 Å². The van der Waals surface area contributed by atoms with Crippen molar-refractivity contribution >= 4 is 11.9 Å². The molecule has 0 atom stereocenters. The first-order valence-electron chi connectivity index (χ1n) is 7.21. The van der Waals surface area contributed by atoms with Crippen LogP contribution in [0.3, 0.4) is 0 Å². The zero-order valence-corrected chi connectivity index (χ0v) is 13.7. The SMILES string of the molecule is CCOC(=O)C=CC(C)=CC=CC=C(C)C=CC(=O)OCC. The molecule has 0 bridgehead atoms. The highest BCUT2D eigenvalue weighted by Gasteiger charge is 1.92. The fraction of sp³-hybridized carbons (Fsp3) is 0.333. The van der Waals surface area contributed by atoms with Crippen molar-refractivity contribution in [3.8, 4) is 0 Å². The van der Waals surface area contributed by atoms with Crippen LogP contribution in [0.2, 0.25) is 0 Å². The molecule has 0 heterocycles. The molecule has 0 unspecified atom stereocenters. The highest BCUT2D eigenvalue weighted by Crippen LogP contribution is 1.99. The van der Waals surface area contributed by atoms with Gasteiger partial charge in [-0.3, -0.25) is 0 Å². The molecule has 0 radical (unpaired) electrons. The van der Waals surface area contributed by atoms with E-state index in [-0.39, 0.29) is 11.9 Å². The molecule has 4 heteroatoms. The molecule has 0 N–H and O–H groups in total. The van der Waals surface area contributed by atoms with Gasteiger partial charge in [0.1, 0.15) is 0 Å². The molecule has 0 aromatic rings. The van der Waals surface area contributed by atoms with Gasteiger partial charge < -0.3 is 9.47 Å². The number of hydrogen-bond donors (Lipinski definition) is 0. The normalized spacial score (nSPS) is 13.3. The van der Waals surface area contributed by atoms with Gasteiger partial charge in [0.25, 0.3) is 0 Å². The van der Waals surface area contributed by atoms with Gasteiger partial charge >= 0.3 is 11.9 Å². The van der Waals surface area contributed by atoms with Crippen LogP contribution in [0.4, 0.5) is 0 Å². The van der Waals surface area contributed by atoms with E-state index < -0.39 is 0 Å². The Balaban J connectivity index is 4.41. The first-order chi connectivity index (χ1) is 10.5. The Kier molecular flexibility index (Phi) is 11.1. The van der Waals surface area contributed by atoms with Crippen LogP contribution in [0.1, 0.15) is 27.7 Å². The molecular formula is C18H24O4. The molecular weight excluding hydrogens is 280 g/mol. The summed E-state index contributed by atoms with van der Waals surface area (Å²) in [6, 6.07) is 0. The van der Waals surface area contributed by atoms with Crippen molar-refractivity contribution in [1.82, 2.24) is 0 Å². The third-order valence-corrected chi connectivity index (χ3v) is 2.37. The summed E-state index contributed by atoms with van der Waals surface area (Å²) in [5.41, 5.74) is 1.86. The second kappa shape index (κ2) is 12.4. The van der Waals surface area contributed by atoms with Gasteiger partial charge in [0.2, 0.25) is 0 Å². The molecule has 4 nitrogen and oxygen atoms in total. The van der Waals surface area contributed by atoms with Crippen LogP contribution in [-0.4, -0.2) is 25.2 Å². The van der Waals surface area contributed by atoms with Gasteiger partial charge in [-0.2, -0.15) is 0 Å². The summed E-state index contributed by atoms with van der Waals surface area (Å²) in [7, 11) is 0. The van der Waals surface area contributed by atoms with E-state index in [1.54, 1.807) is 26.0 Å². The van der Waals surface area contributed by atoms with Gasteiger partial charge in [-0.1, -0.05) is 47.6 Å². The van der Waals surface area contributed by atoms with Gasteiger partial charge in [0.05, 0.1) is 13.2 Å². The lowest BCUT2D eigenvalue weighted by Crippen LogP contribution is -1.98. The predicted octanol–water partition coefficient (Wildman–Crippen LogP) is 3.67. The van der Waals surface area contributed by atoms with Gasteiger partial charge in [0, 0.05) is 12.2 Å². The fourth-order valence-electron chi connectivity index (χ4n) is 1.31. The lowest BCUT2D eigenvalue weighted by molar-refractivity contribution is -0.138. The molecule has 0 spiro atoms. The molecule has 0 aliphatic carbocycles. The van der Waals surface area contributed by atoms with Crippen molar-refractivity contribution in [3.05, 3.63) is 59.8 Å². The third kappa shape index (κ3) is 11.5. The Labute approximate surface area is 132 Å². The number of ether oxygens (including phenoxy) is 2. The van der Waals surface area contributed by atoms with Crippen LogP contribution in [0.15, 0.2) is 59.8 Å². The highest BCUT2D eigenvalue weighted by atomic mass is 16.5. The Bertz CT molecular complexity index is 459. The van der Waals surface area contributed by atoms with E-state index in [9.17, 15) is 9.59 Å². The van der Waals surface area contributed by atoms with Crippen LogP contribution in [0, 0.1) is 0 Å². The van der Waals surface area contributed by atoms with E-state index in [4.69, 9.17) is 9.47 Å². The zero-order chi connectivity index (χ0) is 16.8. The lowest BCUT2D eigenvalue weighted by atomic mass is 10.2. The summed E-state index contributed by atoms with van der Waals surface area (Å²) in [5.74, 6) is -0.696. The number of hydrogen-bond acceptors (Lipinski definition) is 4. The van der Waals surface area contributed by atoms with Crippen molar-refractivity contribution in [2.24, 2.45) is 0 Å². The minimum atomic E-state index is -0.348. The summed E-state index contributed by atoms with van der Waals surface area (Å²) < 4.78 is 9.57. The van der Waals surface area contributed by atoms with Crippen molar-refractivity contribution in [1.29, 1.82) is 0 Å². The predicted molar refractivity (Wildman–Crippen MR) is 88.2 cm³/mol. The molecule has 0 saturated heterocycles. The van der Waals surface area contributed by atoms with Crippen LogP contribution < -0.4 is 0 Å². The number of allylic oxidation sites excluding steroid dienone is 8. The average Bonchev–Trinajstić information content (AvgIpc) is 2.48. The molecule has 0 amide bonds. The van der Waals surface area contributed by atoms with Crippen LogP contribution in [0.5, 0.6) is 0 Å². The van der Waals surface area contributed by atoms with Crippen molar-refractivity contribution < 1.29 is 19.1 Å². The molecule has 0 aliphatic rings. The monoisotopic (exact) mass is 304 g/mol. The highest BCUT2D eigenvalue weighted by molar-refractivity contribution is 5.82. The van der Waals surface area contributed by atoms with E-state index in [1.807, 2.05) is 38.2 Å². The molecule has 0 aromatic carbocycles. The Morgan fingerprint density at radius 3 is 1.41 bits per heavy atom. The largest absolute Gasteiger partial charge is 0.463 e. The average molecular weight is 304 g/mol. The molecule has 22 heavy (non-hydrogen) atoms. The topological polar surface area (TPSA) is 52.6 Å². The number of carbonyl (C=O) groups is 2. The van der Waals surface area contributed by atoms with E-state index in [1.165, 1.54) is 12.2 Å². The second-order valence-electron chi connectivity index (χ2n) is 4.38. The summed E-state index contributed by atoms with van der Waals surface area (Å²) in [5, 5.41) is 0. The molecule has 120 valence electrons. The Morgan fingerprint density at radius 2 is 1.09 bits per heavy atom. The minimum Gasteiger partial charge on any atom is -0.463 e. The Morgan fingerprint density at radius 1 is 0.727 bits per heavy atom. The molecule has 0 saturated carbocycles. The van der Waals surface area contributed by atoms with Gasteiger partial charge in [0.15, 0.2) is 0 Å². The third-order valence-electron chi connectivity index (χ3n) is 2.37. The van der Waals surface area contributed by atoms with Crippen LogP contribution in [0.25, 0.3) is 0 Å². The smallest absolute Gasteiger partial charge is 0.330 e. The minimum absolute atomic E-state index is 0.348. The van der Waals surface area contributed by atoms with E-state index in [0.717, 1.165) is 11.1 Å². The summed E-state index contributed by atoms with van der Waals surface area (Å²) in [4.78, 5) is 22.3. The quantitative estimate of drug-likeness (QED) is 0.390. The maximum absolute atomic E-state index is 11.1. The van der Waals surface area contributed by atoms with Crippen molar-refractivity contribution in [2.75, 3.05) is 13.2 Å². The summed E-state index contributed by atoms with van der Waals surface area (Å²) in [6.07, 6.45) is 13.6. The first kappa shape index (κ1) is 19.6. The van der Waals surface area contributed by atoms with Crippen molar-refractivity contribution in [2.45, 2.75) is 27.7 Å². The lowest BCUT2D eigenvalue weighted by Gasteiger charge is -1.94. The summed E-state index contributed by atoms with van der Waals surface area (Å²) in [6.45, 7) is 8.05. The van der Waals surface area contributed by atoms with Gasteiger partial charge in [-0.05, 0) is 27.7 Å². The van der Waals surface area contributed by atoms with E-state index >= 15 is 0 Å². The number of rotatable bonds is 8. The van der Waals surface area contributed by atoms with Crippen LogP contribution >= 0.6 is 0 Å². The van der Waals surface area contributed by atoms with Crippen LogP contribution in [-0.2, 0) is 19.1 Å². The number of carbonyl (C=O) groups excluding carboxylic acids is 2. The zero-order valence-electron chi connectivity index (χ0n) is 13.7. The van der Waals surface area contributed by atoms with E-state index in [2.05, 4.69) is 0 Å². The fourth-order valence-corrected chi connectivity index (χ4v) is 1.31. The molecule has 0 rings (SSSR count). The molecule has 0 aliphatic heterocycles. The molecule has 0 aromatic heterocycles. The first-order valence-corrected chi connectivity index (χ1v) is 7.21. The standard InChI is InChI=1S/C18H24O4/c1-5-21-17(19)13-11-15(3)9-7-8-10-16(4)12-14-18(20)22-6-2/h7-14H,5-6H2,1-4H3. The second-order valence-corrected chi connectivity index (χ2v) is 4.38. The number of esters is 2. The maximum Gasteiger partial charge on any atom is 0.330 e. The van der Waals surface area contributed by atoms with Crippen molar-refractivity contribution in [3.63, 3.8) is 0 Å². The van der Waals surface area contributed by atoms with Gasteiger partial charge in [-0.25, -0.2) is 9.59 Å². The Hall–Kier alpha value is -2.36.